The zero-order chi connectivity index (χ0) is 14.6. The first-order valence-corrected chi connectivity index (χ1v) is 5.91. The molecule has 0 saturated carbocycles. The second-order valence-electron chi connectivity index (χ2n) is 3.62. The highest BCUT2D eigenvalue weighted by atomic mass is 79.9. The molecule has 1 rings (SSSR count). The van der Waals surface area contributed by atoms with Crippen LogP contribution < -0.4 is 10.1 Å². The molecule has 106 valence electrons. The summed E-state index contributed by atoms with van der Waals surface area (Å²) >= 11 is 3.15. The molecule has 0 spiro atoms. The minimum Gasteiger partial charge on any atom is -0.496 e. The monoisotopic (exact) mass is 341 g/mol. The average molecular weight is 342 g/mol. The van der Waals surface area contributed by atoms with Crippen LogP contribution in [-0.2, 0) is 0 Å². The molecule has 0 bridgehead atoms. The molecule has 0 aromatic heterocycles. The number of halogens is 4. The first kappa shape index (κ1) is 15.8. The summed E-state index contributed by atoms with van der Waals surface area (Å²) < 4.78 is 41.6. The Morgan fingerprint density at radius 1 is 1.53 bits per heavy atom. The van der Waals surface area contributed by atoms with E-state index < -0.39 is 24.7 Å². The number of nitrogens with one attached hydrogen (secondary N) is 1. The Morgan fingerprint density at radius 3 is 2.63 bits per heavy atom. The van der Waals surface area contributed by atoms with Crippen molar-refractivity contribution in [3.8, 4) is 5.75 Å². The van der Waals surface area contributed by atoms with Gasteiger partial charge in [-0.05, 0) is 34.1 Å². The minimum absolute atomic E-state index is 0.155. The number of hydrogen-bond acceptors (Lipinski definition) is 3. The summed E-state index contributed by atoms with van der Waals surface area (Å²) in [6.07, 6.45) is -7.34. The van der Waals surface area contributed by atoms with Crippen LogP contribution >= 0.6 is 15.9 Å². The largest absolute Gasteiger partial charge is 0.496 e. The highest BCUT2D eigenvalue weighted by molar-refractivity contribution is 9.10. The zero-order valence-electron chi connectivity index (χ0n) is 9.79. The molecule has 0 aliphatic carbocycles. The second kappa shape index (κ2) is 6.25. The molecule has 2 N–H and O–H groups in total. The number of methoxy groups -OCH3 is 1. The van der Waals surface area contributed by atoms with Crippen molar-refractivity contribution in [3.63, 3.8) is 0 Å². The average Bonchev–Trinajstić information content (AvgIpc) is 2.34. The number of hydrogen-bond donors (Lipinski definition) is 2. The summed E-state index contributed by atoms with van der Waals surface area (Å²) in [5.41, 5.74) is 0.155. The van der Waals surface area contributed by atoms with Crippen molar-refractivity contribution in [1.29, 1.82) is 0 Å². The maximum absolute atomic E-state index is 12.0. The first-order chi connectivity index (χ1) is 8.75. The van der Waals surface area contributed by atoms with Gasteiger partial charge in [0.05, 0.1) is 18.1 Å². The number of alkyl halides is 3. The Balaban J connectivity index is 2.67. The van der Waals surface area contributed by atoms with Gasteiger partial charge in [0, 0.05) is 5.56 Å². The number of benzene rings is 1. The SMILES string of the molecule is COc1ccc(C(=O)NCC(O)C(F)(F)F)cc1Br. The number of rotatable bonds is 4. The quantitative estimate of drug-likeness (QED) is 0.881. The van der Waals surface area contributed by atoms with Crippen LogP contribution in [0.15, 0.2) is 22.7 Å². The van der Waals surface area contributed by atoms with Gasteiger partial charge >= 0.3 is 6.18 Å². The Kier molecular flexibility index (Phi) is 5.19. The summed E-state index contributed by atoms with van der Waals surface area (Å²) in [5, 5.41) is 10.7. The number of aliphatic hydroxyl groups is 1. The number of carbonyl (C=O) groups is 1. The third-order valence-corrected chi connectivity index (χ3v) is 2.87. The fourth-order valence-corrected chi connectivity index (χ4v) is 1.76. The van der Waals surface area contributed by atoms with E-state index in [1.54, 1.807) is 0 Å². The van der Waals surface area contributed by atoms with Crippen LogP contribution in [0.5, 0.6) is 5.75 Å². The van der Waals surface area contributed by atoms with Crippen LogP contribution in [0, 0.1) is 0 Å². The highest BCUT2D eigenvalue weighted by Crippen LogP contribution is 2.25. The molecule has 1 unspecified atom stereocenters. The molecule has 0 fully saturated rings. The van der Waals surface area contributed by atoms with Gasteiger partial charge in [-0.3, -0.25) is 4.79 Å². The van der Waals surface area contributed by atoms with Crippen LogP contribution in [0.2, 0.25) is 0 Å². The summed E-state index contributed by atoms with van der Waals surface area (Å²) in [7, 11) is 1.44. The van der Waals surface area contributed by atoms with Gasteiger partial charge in [0.15, 0.2) is 6.10 Å². The molecule has 0 aliphatic rings. The van der Waals surface area contributed by atoms with Gasteiger partial charge in [-0.2, -0.15) is 13.2 Å². The molecule has 0 saturated heterocycles. The number of amides is 1. The maximum atomic E-state index is 12.0. The third kappa shape index (κ3) is 4.39. The standard InChI is InChI=1S/C11H11BrF3NO3/c1-19-8-3-2-6(4-7(8)12)10(18)16-5-9(17)11(13,14)15/h2-4,9,17H,5H2,1H3,(H,16,18). The van der Waals surface area contributed by atoms with Gasteiger partial charge < -0.3 is 15.2 Å². The molecule has 1 amide bonds. The van der Waals surface area contributed by atoms with Gasteiger partial charge in [-0.1, -0.05) is 0 Å². The molecule has 4 nitrogen and oxygen atoms in total. The van der Waals surface area contributed by atoms with E-state index in [1.807, 2.05) is 5.32 Å². The van der Waals surface area contributed by atoms with E-state index in [0.717, 1.165) is 0 Å². The summed E-state index contributed by atoms with van der Waals surface area (Å²) in [5.74, 6) is -0.224. The van der Waals surface area contributed by atoms with E-state index in [-0.39, 0.29) is 5.56 Å². The van der Waals surface area contributed by atoms with Gasteiger partial charge in [-0.25, -0.2) is 0 Å². The van der Waals surface area contributed by atoms with E-state index in [0.29, 0.717) is 10.2 Å². The Labute approximate surface area is 115 Å². The maximum Gasteiger partial charge on any atom is 0.416 e. The fraction of sp³-hybridized carbons (Fsp3) is 0.364. The predicted octanol–water partition coefficient (Wildman–Crippen LogP) is 2.11. The topological polar surface area (TPSA) is 58.6 Å². The Morgan fingerprint density at radius 2 is 2.16 bits per heavy atom. The Bertz CT molecular complexity index is 465. The summed E-state index contributed by atoms with van der Waals surface area (Å²) in [6, 6.07) is 4.31. The van der Waals surface area contributed by atoms with E-state index in [9.17, 15) is 18.0 Å². The van der Waals surface area contributed by atoms with Crippen LogP contribution in [0.1, 0.15) is 10.4 Å². The zero-order valence-corrected chi connectivity index (χ0v) is 11.4. The van der Waals surface area contributed by atoms with E-state index in [4.69, 9.17) is 9.84 Å². The molecule has 1 atom stereocenters. The van der Waals surface area contributed by atoms with E-state index in [1.165, 1.54) is 25.3 Å². The lowest BCUT2D eigenvalue weighted by atomic mass is 10.2. The van der Waals surface area contributed by atoms with Gasteiger partial charge in [-0.15, -0.1) is 0 Å². The smallest absolute Gasteiger partial charge is 0.416 e. The Hall–Kier alpha value is -1.28. The van der Waals surface area contributed by atoms with Crippen molar-refractivity contribution in [1.82, 2.24) is 5.32 Å². The van der Waals surface area contributed by atoms with Crippen molar-refractivity contribution in [3.05, 3.63) is 28.2 Å². The molecular weight excluding hydrogens is 331 g/mol. The van der Waals surface area contributed by atoms with Crippen molar-refractivity contribution in [2.24, 2.45) is 0 Å². The molecule has 0 heterocycles. The van der Waals surface area contributed by atoms with Gasteiger partial charge in [0.25, 0.3) is 5.91 Å². The predicted molar refractivity (Wildman–Crippen MR) is 65.1 cm³/mol. The lowest BCUT2D eigenvalue weighted by Gasteiger charge is -2.15. The third-order valence-electron chi connectivity index (χ3n) is 2.25. The number of carbonyl (C=O) groups excluding carboxylic acids is 1. The second-order valence-corrected chi connectivity index (χ2v) is 4.47. The minimum atomic E-state index is -4.76. The number of ether oxygens (including phenoxy) is 1. The molecule has 0 radical (unpaired) electrons. The van der Waals surface area contributed by atoms with E-state index >= 15 is 0 Å². The normalized spacial score (nSPS) is 12.9. The number of aliphatic hydroxyl groups excluding tert-OH is 1. The lowest BCUT2D eigenvalue weighted by molar-refractivity contribution is -0.201. The molecular formula is C11H11BrF3NO3. The van der Waals surface area contributed by atoms with Crippen molar-refractivity contribution >= 4 is 21.8 Å². The van der Waals surface area contributed by atoms with Gasteiger partial charge in [0.1, 0.15) is 5.75 Å². The van der Waals surface area contributed by atoms with Crippen molar-refractivity contribution < 1.29 is 27.8 Å². The van der Waals surface area contributed by atoms with Crippen LogP contribution in [0.3, 0.4) is 0 Å². The lowest BCUT2D eigenvalue weighted by Crippen LogP contribution is -2.40. The van der Waals surface area contributed by atoms with E-state index in [2.05, 4.69) is 15.9 Å². The van der Waals surface area contributed by atoms with Crippen LogP contribution in [0.25, 0.3) is 0 Å². The molecule has 0 aliphatic heterocycles. The van der Waals surface area contributed by atoms with Gasteiger partial charge in [0.2, 0.25) is 0 Å². The van der Waals surface area contributed by atoms with Crippen LogP contribution in [-0.4, -0.2) is 36.9 Å². The van der Waals surface area contributed by atoms with Crippen LogP contribution in [0.4, 0.5) is 13.2 Å². The molecule has 1 aromatic carbocycles. The summed E-state index contributed by atoms with van der Waals surface area (Å²) in [6.45, 7) is -0.897. The summed E-state index contributed by atoms with van der Waals surface area (Å²) in [4.78, 5) is 11.6. The highest BCUT2D eigenvalue weighted by Gasteiger charge is 2.38. The van der Waals surface area contributed by atoms with Crippen molar-refractivity contribution in [2.75, 3.05) is 13.7 Å². The fourth-order valence-electron chi connectivity index (χ4n) is 1.21. The molecule has 19 heavy (non-hydrogen) atoms. The first-order valence-electron chi connectivity index (χ1n) is 5.12. The molecule has 8 heteroatoms. The van der Waals surface area contributed by atoms with Crippen molar-refractivity contribution in [2.45, 2.75) is 12.3 Å². The molecule has 1 aromatic rings.